The summed E-state index contributed by atoms with van der Waals surface area (Å²) in [7, 11) is 0. The minimum atomic E-state index is 0.303. The Morgan fingerprint density at radius 2 is 1.81 bits per heavy atom. The van der Waals surface area contributed by atoms with E-state index in [1.165, 1.54) is 27.1 Å². The van der Waals surface area contributed by atoms with E-state index in [4.69, 9.17) is 11.6 Å². The number of aryl methyl sites for hydroxylation is 3. The molecule has 0 amide bonds. The number of rotatable bonds is 6. The quantitative estimate of drug-likeness (QED) is 0.729. The maximum absolute atomic E-state index is 6.48. The fourth-order valence-corrected chi connectivity index (χ4v) is 4.09. The Morgan fingerprint density at radius 1 is 1.14 bits per heavy atom. The molecule has 2 aromatic rings. The van der Waals surface area contributed by atoms with Gasteiger partial charge in [0.1, 0.15) is 0 Å². The average molecular weight is 322 g/mol. The van der Waals surface area contributed by atoms with Crippen LogP contribution in [0.15, 0.2) is 23.6 Å². The van der Waals surface area contributed by atoms with Crippen LogP contribution in [0.4, 0.5) is 0 Å². The van der Waals surface area contributed by atoms with Crippen molar-refractivity contribution in [2.75, 3.05) is 6.54 Å². The van der Waals surface area contributed by atoms with Gasteiger partial charge < -0.3 is 5.32 Å². The van der Waals surface area contributed by atoms with E-state index in [1.54, 1.807) is 11.3 Å². The molecule has 1 N–H and O–H groups in total. The predicted molar refractivity (Wildman–Crippen MR) is 94.7 cm³/mol. The van der Waals surface area contributed by atoms with Gasteiger partial charge in [0.25, 0.3) is 0 Å². The second-order valence-corrected chi connectivity index (χ2v) is 7.09. The predicted octanol–water partition coefficient (Wildman–Crippen LogP) is 5.61. The second kappa shape index (κ2) is 7.44. The molecule has 0 fully saturated rings. The summed E-state index contributed by atoms with van der Waals surface area (Å²) in [6.45, 7) is 9.61. The molecule has 1 heterocycles. The molecule has 0 aliphatic rings. The highest BCUT2D eigenvalue weighted by atomic mass is 35.5. The zero-order chi connectivity index (χ0) is 15.4. The van der Waals surface area contributed by atoms with E-state index < -0.39 is 0 Å². The minimum Gasteiger partial charge on any atom is -0.309 e. The van der Waals surface area contributed by atoms with Crippen LogP contribution >= 0.6 is 22.9 Å². The van der Waals surface area contributed by atoms with Crippen molar-refractivity contribution < 1.29 is 0 Å². The molecule has 0 radical (unpaired) electrons. The van der Waals surface area contributed by atoms with E-state index in [9.17, 15) is 0 Å². The van der Waals surface area contributed by atoms with E-state index in [0.29, 0.717) is 6.04 Å². The van der Waals surface area contributed by atoms with Crippen LogP contribution in [0.3, 0.4) is 0 Å². The van der Waals surface area contributed by atoms with Crippen LogP contribution in [0.1, 0.15) is 46.5 Å². The Hall–Kier alpha value is -0.830. The molecule has 21 heavy (non-hydrogen) atoms. The summed E-state index contributed by atoms with van der Waals surface area (Å²) in [6.07, 6.45) is 2.12. The Labute approximate surface area is 137 Å². The van der Waals surface area contributed by atoms with Gasteiger partial charge in [-0.25, -0.2) is 0 Å². The summed E-state index contributed by atoms with van der Waals surface area (Å²) < 4.78 is 0. The van der Waals surface area contributed by atoms with Crippen molar-refractivity contribution in [1.29, 1.82) is 0 Å². The Bertz CT molecular complexity index is 583. The van der Waals surface area contributed by atoms with Crippen LogP contribution in [0.2, 0.25) is 5.02 Å². The Kier molecular flexibility index (Phi) is 5.86. The standard InChI is InChI=1S/C18H24ClNS/c1-5-6-20-16(18-17(19)14(4)11-21-18)10-15-8-12(2)7-13(3)9-15/h7-9,11,16,20H,5-6,10H2,1-4H3. The smallest absolute Gasteiger partial charge is 0.0590 e. The van der Waals surface area contributed by atoms with E-state index in [-0.39, 0.29) is 0 Å². The molecule has 0 aliphatic heterocycles. The van der Waals surface area contributed by atoms with Gasteiger partial charge in [-0.2, -0.15) is 0 Å². The number of thiophene rings is 1. The van der Waals surface area contributed by atoms with Crippen LogP contribution in [0.5, 0.6) is 0 Å². The second-order valence-electron chi connectivity index (χ2n) is 5.80. The summed E-state index contributed by atoms with van der Waals surface area (Å²) in [6, 6.07) is 7.09. The molecule has 3 heteroatoms. The van der Waals surface area contributed by atoms with Crippen LogP contribution in [0, 0.1) is 20.8 Å². The lowest BCUT2D eigenvalue weighted by Crippen LogP contribution is -2.23. The van der Waals surface area contributed by atoms with Gasteiger partial charge in [0.2, 0.25) is 0 Å². The third-order valence-electron chi connectivity index (χ3n) is 3.60. The minimum absolute atomic E-state index is 0.303. The topological polar surface area (TPSA) is 12.0 Å². The van der Waals surface area contributed by atoms with Crippen LogP contribution < -0.4 is 5.32 Å². The molecular weight excluding hydrogens is 298 g/mol. The highest BCUT2D eigenvalue weighted by Gasteiger charge is 2.18. The van der Waals surface area contributed by atoms with Gasteiger partial charge in [-0.1, -0.05) is 47.9 Å². The first-order valence-electron chi connectivity index (χ1n) is 7.55. The molecule has 1 aromatic carbocycles. The van der Waals surface area contributed by atoms with Gasteiger partial charge in [-0.15, -0.1) is 11.3 Å². The molecule has 1 aromatic heterocycles. The van der Waals surface area contributed by atoms with Gasteiger partial charge in [0, 0.05) is 10.9 Å². The Balaban J connectivity index is 2.25. The number of hydrogen-bond acceptors (Lipinski definition) is 2. The van der Waals surface area contributed by atoms with E-state index >= 15 is 0 Å². The largest absolute Gasteiger partial charge is 0.309 e. The first-order chi connectivity index (χ1) is 10.0. The molecule has 1 nitrogen and oxygen atoms in total. The van der Waals surface area contributed by atoms with Crippen molar-refractivity contribution in [2.24, 2.45) is 0 Å². The average Bonchev–Trinajstić information content (AvgIpc) is 2.74. The lowest BCUT2D eigenvalue weighted by molar-refractivity contribution is 0.536. The van der Waals surface area contributed by atoms with Gasteiger partial charge >= 0.3 is 0 Å². The van der Waals surface area contributed by atoms with Crippen molar-refractivity contribution in [3.8, 4) is 0 Å². The highest BCUT2D eigenvalue weighted by molar-refractivity contribution is 7.10. The van der Waals surface area contributed by atoms with E-state index in [1.807, 2.05) is 0 Å². The first kappa shape index (κ1) is 16.5. The molecular formula is C18H24ClNS. The number of nitrogens with one attached hydrogen (secondary N) is 1. The molecule has 1 atom stereocenters. The van der Waals surface area contributed by atoms with Crippen LogP contribution in [-0.4, -0.2) is 6.54 Å². The van der Waals surface area contributed by atoms with Crippen molar-refractivity contribution in [3.05, 3.63) is 55.7 Å². The summed E-state index contributed by atoms with van der Waals surface area (Å²) >= 11 is 8.25. The first-order valence-corrected chi connectivity index (χ1v) is 8.81. The summed E-state index contributed by atoms with van der Waals surface area (Å²) in [5.74, 6) is 0. The molecule has 2 rings (SSSR count). The van der Waals surface area contributed by atoms with Gasteiger partial charge in [-0.05, 0) is 56.7 Å². The summed E-state index contributed by atoms with van der Waals surface area (Å²) in [4.78, 5) is 1.27. The molecule has 0 saturated heterocycles. The molecule has 0 spiro atoms. The third kappa shape index (κ3) is 4.32. The zero-order valence-corrected chi connectivity index (χ0v) is 14.9. The Morgan fingerprint density at radius 3 is 2.33 bits per heavy atom. The monoisotopic (exact) mass is 321 g/mol. The highest BCUT2D eigenvalue weighted by Crippen LogP contribution is 2.34. The van der Waals surface area contributed by atoms with Gasteiger partial charge in [0.15, 0.2) is 0 Å². The maximum atomic E-state index is 6.48. The maximum Gasteiger partial charge on any atom is 0.0590 e. The van der Waals surface area contributed by atoms with Gasteiger partial charge in [0.05, 0.1) is 5.02 Å². The molecule has 1 unspecified atom stereocenters. The van der Waals surface area contributed by atoms with Crippen molar-refractivity contribution in [2.45, 2.75) is 46.6 Å². The van der Waals surface area contributed by atoms with Crippen LogP contribution in [0.25, 0.3) is 0 Å². The summed E-state index contributed by atoms with van der Waals surface area (Å²) in [5, 5.41) is 6.73. The van der Waals surface area contributed by atoms with Gasteiger partial charge in [-0.3, -0.25) is 0 Å². The molecule has 0 aliphatic carbocycles. The number of halogens is 1. The number of hydrogen-bond donors (Lipinski definition) is 1. The third-order valence-corrected chi connectivity index (χ3v) is 5.43. The number of benzene rings is 1. The van der Waals surface area contributed by atoms with Crippen molar-refractivity contribution >= 4 is 22.9 Å². The summed E-state index contributed by atoms with van der Waals surface area (Å²) in [5.41, 5.74) is 5.21. The van der Waals surface area contributed by atoms with Crippen molar-refractivity contribution in [3.63, 3.8) is 0 Å². The lowest BCUT2D eigenvalue weighted by Gasteiger charge is -2.19. The fourth-order valence-electron chi connectivity index (χ4n) is 2.68. The van der Waals surface area contributed by atoms with Crippen LogP contribution in [-0.2, 0) is 6.42 Å². The molecule has 114 valence electrons. The molecule has 0 bridgehead atoms. The normalized spacial score (nSPS) is 12.6. The molecule has 0 saturated carbocycles. The van der Waals surface area contributed by atoms with E-state index in [2.05, 4.69) is 56.6 Å². The SMILES string of the molecule is CCCNC(Cc1cc(C)cc(C)c1)c1scc(C)c1Cl. The lowest BCUT2D eigenvalue weighted by atomic mass is 10.00. The van der Waals surface area contributed by atoms with Crippen molar-refractivity contribution in [1.82, 2.24) is 5.32 Å². The fraction of sp³-hybridized carbons (Fsp3) is 0.444. The zero-order valence-electron chi connectivity index (χ0n) is 13.3. The van der Waals surface area contributed by atoms with E-state index in [0.717, 1.165) is 24.4 Å².